The van der Waals surface area contributed by atoms with Crippen molar-refractivity contribution in [3.63, 3.8) is 0 Å². The van der Waals surface area contributed by atoms with Gasteiger partial charge in [-0.2, -0.15) is 0 Å². The summed E-state index contributed by atoms with van der Waals surface area (Å²) in [6.45, 7) is 0. The van der Waals surface area contributed by atoms with E-state index in [1.165, 1.54) is 12.1 Å². The van der Waals surface area contributed by atoms with Crippen LogP contribution in [-0.4, -0.2) is 0 Å². The molecule has 19 heavy (non-hydrogen) atoms. The molecule has 0 aliphatic rings. The Balaban J connectivity index is 2.21. The number of nitrogens with two attached hydrogens (primary N) is 1. The molecule has 0 saturated carbocycles. The minimum absolute atomic E-state index is 0.0539. The van der Waals surface area contributed by atoms with E-state index in [2.05, 4.69) is 37.3 Å². The van der Waals surface area contributed by atoms with E-state index in [-0.39, 0.29) is 11.9 Å². The molecule has 0 amide bonds. The van der Waals surface area contributed by atoms with Crippen LogP contribution in [0.5, 0.6) is 0 Å². The predicted octanol–water partition coefficient (Wildman–Crippen LogP) is 4.10. The fraction of sp³-hybridized carbons (Fsp3) is 0.143. The van der Waals surface area contributed by atoms with Gasteiger partial charge in [0.05, 0.1) is 0 Å². The summed E-state index contributed by atoms with van der Waals surface area (Å²) in [5, 5.41) is 0. The van der Waals surface area contributed by atoms with Crippen LogP contribution in [0.4, 0.5) is 4.39 Å². The second kappa shape index (κ2) is 6.61. The van der Waals surface area contributed by atoms with Crippen LogP contribution >= 0.6 is 31.9 Å². The lowest BCUT2D eigenvalue weighted by molar-refractivity contribution is 0.548. The lowest BCUT2D eigenvalue weighted by atomic mass is 9.99. The molecule has 2 aromatic rings. The molecule has 2 nitrogen and oxygen atoms in total. The summed E-state index contributed by atoms with van der Waals surface area (Å²) in [4.78, 5) is 0. The predicted molar refractivity (Wildman–Crippen MR) is 82.0 cm³/mol. The van der Waals surface area contributed by atoms with Crippen LogP contribution in [0.25, 0.3) is 0 Å². The van der Waals surface area contributed by atoms with Crippen LogP contribution in [0, 0.1) is 5.82 Å². The summed E-state index contributed by atoms with van der Waals surface area (Å²) in [6, 6.07) is 12.7. The van der Waals surface area contributed by atoms with Gasteiger partial charge >= 0.3 is 0 Å². The van der Waals surface area contributed by atoms with Gasteiger partial charge in [-0.15, -0.1) is 0 Å². The Morgan fingerprint density at radius 3 is 2.32 bits per heavy atom. The van der Waals surface area contributed by atoms with E-state index in [0.717, 1.165) is 20.1 Å². The second-order valence-corrected chi connectivity index (χ2v) is 6.08. The van der Waals surface area contributed by atoms with Crippen LogP contribution < -0.4 is 11.3 Å². The number of hydrazine groups is 1. The van der Waals surface area contributed by atoms with Gasteiger partial charge in [0.25, 0.3) is 0 Å². The average molecular weight is 388 g/mol. The van der Waals surface area contributed by atoms with Crippen LogP contribution in [0.15, 0.2) is 51.4 Å². The third-order valence-corrected chi connectivity index (χ3v) is 3.82. The summed E-state index contributed by atoms with van der Waals surface area (Å²) in [6.07, 6.45) is 0.620. The Bertz CT molecular complexity index is 538. The van der Waals surface area contributed by atoms with E-state index in [9.17, 15) is 4.39 Å². The maximum atomic E-state index is 13.3. The molecule has 2 rings (SSSR count). The fourth-order valence-corrected chi connectivity index (χ4v) is 2.71. The number of rotatable bonds is 4. The zero-order valence-corrected chi connectivity index (χ0v) is 13.2. The maximum absolute atomic E-state index is 13.3. The molecule has 0 heterocycles. The quantitative estimate of drug-likeness (QED) is 0.612. The zero-order valence-electron chi connectivity index (χ0n) is 10.0. The van der Waals surface area contributed by atoms with Crippen molar-refractivity contribution >= 4 is 31.9 Å². The summed E-state index contributed by atoms with van der Waals surface area (Å²) < 4.78 is 15.1. The highest BCUT2D eigenvalue weighted by Gasteiger charge is 2.11. The van der Waals surface area contributed by atoms with Gasteiger partial charge in [-0.3, -0.25) is 11.3 Å². The van der Waals surface area contributed by atoms with Crippen molar-refractivity contribution in [2.24, 2.45) is 5.84 Å². The Morgan fingerprint density at radius 2 is 1.74 bits per heavy atom. The lowest BCUT2D eigenvalue weighted by Crippen LogP contribution is -2.29. The first-order valence-corrected chi connectivity index (χ1v) is 7.33. The number of hydrogen-bond acceptors (Lipinski definition) is 2. The normalized spacial score (nSPS) is 12.4. The van der Waals surface area contributed by atoms with E-state index in [0.29, 0.717) is 6.42 Å². The first kappa shape index (κ1) is 14.7. The molecule has 0 bridgehead atoms. The lowest BCUT2D eigenvalue weighted by Gasteiger charge is -2.17. The minimum atomic E-state index is -0.254. The molecule has 100 valence electrons. The van der Waals surface area contributed by atoms with E-state index >= 15 is 0 Å². The fourth-order valence-electron chi connectivity index (χ4n) is 1.93. The van der Waals surface area contributed by atoms with Gasteiger partial charge in [-0.25, -0.2) is 4.39 Å². The van der Waals surface area contributed by atoms with Crippen LogP contribution in [0.2, 0.25) is 0 Å². The third kappa shape index (κ3) is 4.11. The summed E-state index contributed by atoms with van der Waals surface area (Å²) in [5.41, 5.74) is 4.72. The highest BCUT2D eigenvalue weighted by Crippen LogP contribution is 2.22. The number of hydrogen-bond donors (Lipinski definition) is 2. The molecule has 1 atom stereocenters. The van der Waals surface area contributed by atoms with Gasteiger partial charge < -0.3 is 0 Å². The minimum Gasteiger partial charge on any atom is -0.271 e. The molecule has 0 spiro atoms. The third-order valence-electron chi connectivity index (χ3n) is 2.84. The monoisotopic (exact) mass is 386 g/mol. The van der Waals surface area contributed by atoms with Gasteiger partial charge in [0.15, 0.2) is 0 Å². The van der Waals surface area contributed by atoms with Crippen molar-refractivity contribution in [3.8, 4) is 0 Å². The Hall–Kier alpha value is -0.750. The maximum Gasteiger partial charge on any atom is 0.124 e. The molecule has 0 aliphatic carbocycles. The summed E-state index contributed by atoms with van der Waals surface area (Å²) in [7, 11) is 0. The molecular formula is C14H13Br2FN2. The van der Waals surface area contributed by atoms with E-state index < -0.39 is 0 Å². The Labute approximate surface area is 128 Å². The van der Waals surface area contributed by atoms with Gasteiger partial charge in [-0.1, -0.05) is 44.0 Å². The van der Waals surface area contributed by atoms with Gasteiger partial charge in [0, 0.05) is 15.0 Å². The molecule has 0 aromatic heterocycles. The highest BCUT2D eigenvalue weighted by atomic mass is 79.9. The van der Waals surface area contributed by atoms with Gasteiger partial charge in [-0.05, 0) is 47.9 Å². The number of benzene rings is 2. The van der Waals surface area contributed by atoms with Crippen molar-refractivity contribution in [3.05, 3.63) is 68.4 Å². The van der Waals surface area contributed by atoms with E-state index in [1.807, 2.05) is 30.3 Å². The zero-order chi connectivity index (χ0) is 13.8. The summed E-state index contributed by atoms with van der Waals surface area (Å²) in [5.74, 6) is 5.35. The standard InChI is InChI=1S/C14H13Br2FN2/c15-11-3-1-10(2-4-11)14(19-18)7-9-5-12(16)8-13(17)6-9/h1-6,8,14,19H,7,18H2. The molecule has 5 heteroatoms. The molecule has 2 aromatic carbocycles. The van der Waals surface area contributed by atoms with Crippen molar-refractivity contribution in [2.45, 2.75) is 12.5 Å². The topological polar surface area (TPSA) is 38.0 Å². The smallest absolute Gasteiger partial charge is 0.124 e. The first-order valence-electron chi connectivity index (χ1n) is 5.75. The molecule has 0 fully saturated rings. The van der Waals surface area contributed by atoms with Crippen LogP contribution in [0.3, 0.4) is 0 Å². The molecular weight excluding hydrogens is 375 g/mol. The van der Waals surface area contributed by atoms with E-state index in [1.54, 1.807) is 0 Å². The molecule has 0 aliphatic heterocycles. The van der Waals surface area contributed by atoms with Crippen molar-refractivity contribution < 1.29 is 4.39 Å². The molecule has 3 N–H and O–H groups in total. The summed E-state index contributed by atoms with van der Waals surface area (Å²) >= 11 is 6.69. The molecule has 0 saturated heterocycles. The number of halogens is 3. The molecule has 0 radical (unpaired) electrons. The van der Waals surface area contributed by atoms with Crippen LogP contribution in [-0.2, 0) is 6.42 Å². The number of nitrogens with one attached hydrogen (secondary N) is 1. The SMILES string of the molecule is NNC(Cc1cc(F)cc(Br)c1)c1ccc(Br)cc1. The van der Waals surface area contributed by atoms with Crippen molar-refractivity contribution in [2.75, 3.05) is 0 Å². The first-order chi connectivity index (χ1) is 9.08. The van der Waals surface area contributed by atoms with Gasteiger partial charge in [0.2, 0.25) is 0 Å². The highest BCUT2D eigenvalue weighted by molar-refractivity contribution is 9.10. The largest absolute Gasteiger partial charge is 0.271 e. The van der Waals surface area contributed by atoms with E-state index in [4.69, 9.17) is 5.84 Å². The Morgan fingerprint density at radius 1 is 1.05 bits per heavy atom. The second-order valence-electron chi connectivity index (χ2n) is 4.25. The Kier molecular flexibility index (Phi) is 5.10. The van der Waals surface area contributed by atoms with Crippen molar-refractivity contribution in [1.82, 2.24) is 5.43 Å². The van der Waals surface area contributed by atoms with Crippen LogP contribution in [0.1, 0.15) is 17.2 Å². The van der Waals surface area contributed by atoms with Crippen molar-refractivity contribution in [1.29, 1.82) is 0 Å². The average Bonchev–Trinajstić information content (AvgIpc) is 2.36. The molecule has 1 unspecified atom stereocenters. The van der Waals surface area contributed by atoms with Gasteiger partial charge in [0.1, 0.15) is 5.82 Å².